The first kappa shape index (κ1) is 18.7. The fourth-order valence-corrected chi connectivity index (χ4v) is 3.69. The summed E-state index contributed by atoms with van der Waals surface area (Å²) in [6.45, 7) is 5.85. The summed E-state index contributed by atoms with van der Waals surface area (Å²) in [5.74, 6) is 0.931. The summed E-state index contributed by atoms with van der Waals surface area (Å²) in [7, 11) is -2.83. The predicted molar refractivity (Wildman–Crippen MR) is 94.3 cm³/mol. The van der Waals surface area contributed by atoms with E-state index in [2.05, 4.69) is 20.5 Å². The van der Waals surface area contributed by atoms with Gasteiger partial charge in [-0.15, -0.1) is 0 Å². The third-order valence-electron chi connectivity index (χ3n) is 3.83. The molecule has 2 N–H and O–H groups in total. The molecular weight excluding hydrogens is 331 g/mol. The number of sulfone groups is 1. The number of guanidine groups is 1. The van der Waals surface area contributed by atoms with E-state index in [1.807, 2.05) is 6.92 Å². The highest BCUT2D eigenvalue weighted by atomic mass is 32.2. The van der Waals surface area contributed by atoms with Crippen molar-refractivity contribution >= 4 is 15.8 Å². The number of halogens is 1. The van der Waals surface area contributed by atoms with Crippen molar-refractivity contribution in [3.05, 3.63) is 35.6 Å². The first-order valence-corrected chi connectivity index (χ1v) is 10.00. The average molecular weight is 356 g/mol. The van der Waals surface area contributed by atoms with E-state index in [9.17, 15) is 12.8 Å². The Morgan fingerprint density at radius 2 is 1.88 bits per heavy atom. The smallest absolute Gasteiger partial charge is 0.191 e. The van der Waals surface area contributed by atoms with Crippen molar-refractivity contribution in [3.63, 3.8) is 0 Å². The number of hydrogen-bond acceptors (Lipinski definition) is 4. The van der Waals surface area contributed by atoms with E-state index in [0.717, 1.165) is 18.7 Å². The maximum atomic E-state index is 12.9. The van der Waals surface area contributed by atoms with E-state index >= 15 is 0 Å². The third-order valence-corrected chi connectivity index (χ3v) is 5.44. The van der Waals surface area contributed by atoms with Gasteiger partial charge in [-0.1, -0.05) is 12.1 Å². The molecule has 1 saturated heterocycles. The normalized spacial score (nSPS) is 18.3. The summed E-state index contributed by atoms with van der Waals surface area (Å²) >= 11 is 0. The van der Waals surface area contributed by atoms with Crippen molar-refractivity contribution in [2.24, 2.45) is 4.99 Å². The topological polar surface area (TPSA) is 73.8 Å². The molecule has 1 heterocycles. The van der Waals surface area contributed by atoms with Gasteiger partial charge in [0.05, 0.1) is 18.1 Å². The zero-order valence-electron chi connectivity index (χ0n) is 14.0. The predicted octanol–water partition coefficient (Wildman–Crippen LogP) is 0.611. The molecule has 2 rings (SSSR count). The second kappa shape index (κ2) is 8.98. The van der Waals surface area contributed by atoms with Crippen LogP contribution in [0.5, 0.6) is 0 Å². The van der Waals surface area contributed by atoms with Crippen LogP contribution >= 0.6 is 0 Å². The Labute approximate surface area is 143 Å². The number of nitrogens with one attached hydrogen (secondary N) is 2. The second-order valence-electron chi connectivity index (χ2n) is 5.74. The number of nitrogens with zero attached hydrogens (tertiary/aromatic N) is 2. The molecule has 0 aliphatic carbocycles. The van der Waals surface area contributed by atoms with Crippen LogP contribution in [0.4, 0.5) is 4.39 Å². The first-order valence-electron chi connectivity index (χ1n) is 8.18. The number of benzene rings is 1. The monoisotopic (exact) mass is 356 g/mol. The molecule has 1 fully saturated rings. The molecule has 0 bridgehead atoms. The van der Waals surface area contributed by atoms with Crippen LogP contribution in [0.25, 0.3) is 0 Å². The molecule has 0 atom stereocenters. The van der Waals surface area contributed by atoms with Crippen LogP contribution < -0.4 is 10.6 Å². The van der Waals surface area contributed by atoms with E-state index in [1.54, 1.807) is 12.1 Å². The lowest BCUT2D eigenvalue weighted by molar-refractivity contribution is 0.299. The van der Waals surface area contributed by atoms with E-state index in [-0.39, 0.29) is 17.3 Å². The Morgan fingerprint density at radius 3 is 2.50 bits per heavy atom. The van der Waals surface area contributed by atoms with Gasteiger partial charge in [-0.25, -0.2) is 17.8 Å². The van der Waals surface area contributed by atoms with Gasteiger partial charge in [-0.2, -0.15) is 0 Å². The SMILES string of the molecule is CCNC(=NCc1ccc(F)cc1)NCCN1CCS(=O)(=O)CC1. The molecule has 0 unspecified atom stereocenters. The van der Waals surface area contributed by atoms with E-state index in [4.69, 9.17) is 0 Å². The van der Waals surface area contributed by atoms with Gasteiger partial charge in [-0.3, -0.25) is 4.90 Å². The first-order chi connectivity index (χ1) is 11.5. The minimum atomic E-state index is -2.83. The molecule has 0 aromatic heterocycles. The Kier molecular flexibility index (Phi) is 6.99. The van der Waals surface area contributed by atoms with Crippen molar-refractivity contribution in [2.45, 2.75) is 13.5 Å². The van der Waals surface area contributed by atoms with Crippen molar-refractivity contribution < 1.29 is 12.8 Å². The van der Waals surface area contributed by atoms with Crippen molar-refractivity contribution in [2.75, 3.05) is 44.2 Å². The fraction of sp³-hybridized carbons (Fsp3) is 0.562. The van der Waals surface area contributed by atoms with Gasteiger partial charge in [0.25, 0.3) is 0 Å². The highest BCUT2D eigenvalue weighted by Gasteiger charge is 2.20. The Hall–Kier alpha value is -1.67. The summed E-state index contributed by atoms with van der Waals surface area (Å²) in [6.07, 6.45) is 0. The molecule has 0 spiro atoms. The minimum Gasteiger partial charge on any atom is -0.357 e. The van der Waals surface area contributed by atoms with Crippen LogP contribution in [0, 0.1) is 5.82 Å². The average Bonchev–Trinajstić information content (AvgIpc) is 2.55. The van der Waals surface area contributed by atoms with E-state index in [1.165, 1.54) is 12.1 Å². The van der Waals surface area contributed by atoms with Gasteiger partial charge in [0.15, 0.2) is 15.8 Å². The van der Waals surface area contributed by atoms with Gasteiger partial charge < -0.3 is 10.6 Å². The van der Waals surface area contributed by atoms with Crippen LogP contribution in [0.2, 0.25) is 0 Å². The number of aliphatic imine (C=N–C) groups is 1. The van der Waals surface area contributed by atoms with Crippen LogP contribution in [-0.2, 0) is 16.4 Å². The quantitative estimate of drug-likeness (QED) is 0.577. The molecule has 134 valence electrons. The number of hydrogen-bond donors (Lipinski definition) is 2. The third kappa shape index (κ3) is 6.45. The molecule has 6 nitrogen and oxygen atoms in total. The Balaban J connectivity index is 1.78. The van der Waals surface area contributed by atoms with Crippen molar-refractivity contribution in [1.82, 2.24) is 15.5 Å². The van der Waals surface area contributed by atoms with Crippen LogP contribution in [0.1, 0.15) is 12.5 Å². The maximum absolute atomic E-state index is 12.9. The molecule has 0 radical (unpaired) electrons. The lowest BCUT2D eigenvalue weighted by Crippen LogP contribution is -2.45. The largest absolute Gasteiger partial charge is 0.357 e. The Morgan fingerprint density at radius 1 is 1.21 bits per heavy atom. The highest BCUT2D eigenvalue weighted by Crippen LogP contribution is 2.04. The van der Waals surface area contributed by atoms with E-state index < -0.39 is 9.84 Å². The summed E-state index contributed by atoms with van der Waals surface area (Å²) in [6, 6.07) is 6.29. The molecule has 8 heteroatoms. The molecule has 0 saturated carbocycles. The fourth-order valence-electron chi connectivity index (χ4n) is 2.41. The molecule has 1 aliphatic heterocycles. The standard InChI is InChI=1S/C16H25FN4O2S/c1-2-18-16(20-13-14-3-5-15(17)6-4-14)19-7-8-21-9-11-24(22,23)12-10-21/h3-6H,2,7-13H2,1H3,(H2,18,19,20). The van der Waals surface area contributed by atoms with Crippen molar-refractivity contribution in [1.29, 1.82) is 0 Å². The van der Waals surface area contributed by atoms with Crippen LogP contribution in [-0.4, -0.2) is 63.5 Å². The lowest BCUT2D eigenvalue weighted by Gasteiger charge is -2.26. The lowest BCUT2D eigenvalue weighted by atomic mass is 10.2. The van der Waals surface area contributed by atoms with Gasteiger partial charge >= 0.3 is 0 Å². The molecule has 0 amide bonds. The van der Waals surface area contributed by atoms with Gasteiger partial charge in [0, 0.05) is 32.7 Å². The summed E-state index contributed by atoms with van der Waals surface area (Å²) in [4.78, 5) is 6.61. The van der Waals surface area contributed by atoms with Gasteiger partial charge in [0.2, 0.25) is 0 Å². The minimum absolute atomic E-state index is 0.242. The zero-order chi connectivity index (χ0) is 17.4. The summed E-state index contributed by atoms with van der Waals surface area (Å²) < 4.78 is 35.7. The molecular formula is C16H25FN4O2S. The zero-order valence-corrected chi connectivity index (χ0v) is 14.8. The maximum Gasteiger partial charge on any atom is 0.191 e. The van der Waals surface area contributed by atoms with Gasteiger partial charge in [-0.05, 0) is 24.6 Å². The highest BCUT2D eigenvalue weighted by molar-refractivity contribution is 7.91. The summed E-state index contributed by atoms with van der Waals surface area (Å²) in [5.41, 5.74) is 0.940. The van der Waals surface area contributed by atoms with Crippen molar-refractivity contribution in [3.8, 4) is 0 Å². The number of rotatable bonds is 6. The van der Waals surface area contributed by atoms with Gasteiger partial charge in [0.1, 0.15) is 5.82 Å². The molecule has 24 heavy (non-hydrogen) atoms. The van der Waals surface area contributed by atoms with Crippen LogP contribution in [0.3, 0.4) is 0 Å². The Bertz CT molecular complexity index is 633. The summed E-state index contributed by atoms with van der Waals surface area (Å²) in [5, 5.41) is 6.41. The second-order valence-corrected chi connectivity index (χ2v) is 8.05. The van der Waals surface area contributed by atoms with Crippen LogP contribution in [0.15, 0.2) is 29.3 Å². The molecule has 1 aromatic carbocycles. The molecule has 1 aromatic rings. The molecule has 1 aliphatic rings. The van der Waals surface area contributed by atoms with E-state index in [0.29, 0.717) is 32.1 Å².